The molecule has 1 aromatic carbocycles. The van der Waals surface area contributed by atoms with Gasteiger partial charge in [0.05, 0.1) is 31.0 Å². The van der Waals surface area contributed by atoms with E-state index in [0.29, 0.717) is 38.4 Å². The second-order valence-electron chi connectivity index (χ2n) is 8.71. The highest BCUT2D eigenvalue weighted by atomic mass is 16.5. The van der Waals surface area contributed by atoms with Crippen molar-refractivity contribution < 1.29 is 14.3 Å². The van der Waals surface area contributed by atoms with Crippen molar-refractivity contribution >= 4 is 11.8 Å². The second kappa shape index (κ2) is 12.7. The van der Waals surface area contributed by atoms with Gasteiger partial charge in [0.25, 0.3) is 0 Å². The molecule has 0 radical (unpaired) electrons. The second-order valence-corrected chi connectivity index (χ2v) is 8.71. The van der Waals surface area contributed by atoms with E-state index in [9.17, 15) is 9.59 Å². The number of rotatable bonds is 13. The van der Waals surface area contributed by atoms with Crippen molar-refractivity contribution in [2.24, 2.45) is 5.73 Å². The third kappa shape index (κ3) is 8.54. The van der Waals surface area contributed by atoms with E-state index in [4.69, 9.17) is 10.5 Å². The Bertz CT molecular complexity index is 1070. The Kier molecular flexibility index (Phi) is 9.39. The molecule has 0 aliphatic heterocycles. The van der Waals surface area contributed by atoms with Crippen molar-refractivity contribution in [3.8, 4) is 0 Å². The Morgan fingerprint density at radius 3 is 2.63 bits per heavy atom. The number of nitrogens with one attached hydrogen (secondary N) is 2. The van der Waals surface area contributed by atoms with Crippen LogP contribution in [0, 0.1) is 0 Å². The van der Waals surface area contributed by atoms with Crippen LogP contribution < -0.4 is 16.4 Å². The number of hydrogen-bond donors (Lipinski definition) is 3. The molecule has 0 unspecified atom stereocenters. The number of ether oxygens (including phenoxy) is 1. The fraction of sp³-hybridized carbons (Fsp3) is 0.417. The highest BCUT2D eigenvalue weighted by molar-refractivity contribution is 5.85. The number of hydrogen-bond acceptors (Lipinski definition) is 8. The predicted octanol–water partition coefficient (Wildman–Crippen LogP) is 1.28. The Hall–Kier alpha value is -3.70. The summed E-state index contributed by atoms with van der Waals surface area (Å²) in [5, 5.41) is 17.7. The van der Waals surface area contributed by atoms with E-state index in [-0.39, 0.29) is 18.4 Å². The van der Waals surface area contributed by atoms with Crippen LogP contribution in [-0.4, -0.2) is 49.2 Å². The minimum atomic E-state index is -1.08. The van der Waals surface area contributed by atoms with E-state index in [0.717, 1.165) is 11.3 Å². The quantitative estimate of drug-likeness (QED) is 0.331. The number of nitrogens with two attached hydrogens (primary N) is 1. The van der Waals surface area contributed by atoms with Gasteiger partial charge in [0.15, 0.2) is 5.82 Å². The molecule has 11 heteroatoms. The molecule has 11 nitrogen and oxygen atoms in total. The largest absolute Gasteiger partial charge is 0.374 e. The minimum Gasteiger partial charge on any atom is -0.374 e. The first kappa shape index (κ1) is 25.9. The Morgan fingerprint density at radius 2 is 1.91 bits per heavy atom. The van der Waals surface area contributed by atoms with Gasteiger partial charge >= 0.3 is 0 Å². The number of pyridine rings is 1. The molecular formula is C24H32N8O3. The van der Waals surface area contributed by atoms with Gasteiger partial charge in [0.1, 0.15) is 6.04 Å². The fourth-order valence-electron chi connectivity index (χ4n) is 3.18. The monoisotopic (exact) mass is 480 g/mol. The summed E-state index contributed by atoms with van der Waals surface area (Å²) in [4.78, 5) is 29.0. The molecule has 0 spiro atoms. The lowest BCUT2D eigenvalue weighted by Crippen LogP contribution is -2.51. The lowest BCUT2D eigenvalue weighted by molar-refractivity contribution is -0.126. The van der Waals surface area contributed by atoms with Crippen LogP contribution in [0.25, 0.3) is 0 Å². The molecule has 2 amide bonds. The standard InChI is InChI=1S/C24H32N8O3/c1-24(2,25)23(34)28-20(17-35-16-18-9-4-3-5-10-18)22-29-30-31-32(22)14-8-12-21(33)27-15-19-11-6-7-13-26-19/h3-7,9-11,13,20H,8,12,14-17,25H2,1-2H3,(H,27,33)(H,28,34)/t20-/m1/s1. The number of nitrogens with zero attached hydrogens (tertiary/aromatic N) is 5. The summed E-state index contributed by atoms with van der Waals surface area (Å²) in [7, 11) is 0. The molecule has 0 aliphatic carbocycles. The zero-order chi connectivity index (χ0) is 25.1. The molecule has 3 aromatic rings. The zero-order valence-corrected chi connectivity index (χ0v) is 20.1. The molecule has 1 atom stereocenters. The van der Waals surface area contributed by atoms with Crippen LogP contribution in [0.15, 0.2) is 54.7 Å². The topological polar surface area (TPSA) is 150 Å². The van der Waals surface area contributed by atoms with Crippen molar-refractivity contribution in [1.82, 2.24) is 35.8 Å². The van der Waals surface area contributed by atoms with Gasteiger partial charge < -0.3 is 21.1 Å². The van der Waals surface area contributed by atoms with Gasteiger partial charge in [0.2, 0.25) is 11.8 Å². The Morgan fingerprint density at radius 1 is 1.14 bits per heavy atom. The maximum absolute atomic E-state index is 12.6. The molecule has 0 saturated carbocycles. The lowest BCUT2D eigenvalue weighted by atomic mass is 10.1. The first-order valence-corrected chi connectivity index (χ1v) is 11.5. The average Bonchev–Trinajstić information content (AvgIpc) is 3.31. The predicted molar refractivity (Wildman–Crippen MR) is 128 cm³/mol. The molecule has 4 N–H and O–H groups in total. The van der Waals surface area contributed by atoms with Crippen LogP contribution >= 0.6 is 0 Å². The fourth-order valence-corrected chi connectivity index (χ4v) is 3.18. The highest BCUT2D eigenvalue weighted by Crippen LogP contribution is 2.14. The van der Waals surface area contributed by atoms with E-state index < -0.39 is 11.6 Å². The highest BCUT2D eigenvalue weighted by Gasteiger charge is 2.28. The molecule has 2 heterocycles. The SMILES string of the molecule is CC(C)(N)C(=O)N[C@H](COCc1ccccc1)c1nnnn1CCCC(=O)NCc1ccccn1. The van der Waals surface area contributed by atoms with Crippen molar-refractivity contribution in [2.75, 3.05) is 6.61 Å². The number of aryl methyl sites for hydroxylation is 1. The van der Waals surface area contributed by atoms with Gasteiger partial charge in [-0.15, -0.1) is 5.10 Å². The molecule has 0 saturated heterocycles. The van der Waals surface area contributed by atoms with Crippen LogP contribution in [0.4, 0.5) is 0 Å². The molecule has 0 bridgehead atoms. The van der Waals surface area contributed by atoms with E-state index in [1.807, 2.05) is 48.5 Å². The molecule has 3 rings (SSSR count). The zero-order valence-electron chi connectivity index (χ0n) is 20.1. The number of benzene rings is 1. The number of aromatic nitrogens is 5. The number of amides is 2. The van der Waals surface area contributed by atoms with E-state index in [1.165, 1.54) is 0 Å². The first-order valence-electron chi connectivity index (χ1n) is 11.5. The van der Waals surface area contributed by atoms with Gasteiger partial charge in [0, 0.05) is 19.2 Å². The smallest absolute Gasteiger partial charge is 0.240 e. The Labute approximate surface area is 204 Å². The van der Waals surface area contributed by atoms with Crippen LogP contribution in [0.2, 0.25) is 0 Å². The summed E-state index contributed by atoms with van der Waals surface area (Å²) in [6.45, 7) is 4.54. The van der Waals surface area contributed by atoms with Gasteiger partial charge in [-0.3, -0.25) is 14.6 Å². The first-order chi connectivity index (χ1) is 16.8. The summed E-state index contributed by atoms with van der Waals surface area (Å²) in [5.74, 6) is -0.00924. The summed E-state index contributed by atoms with van der Waals surface area (Å²) in [6, 6.07) is 14.7. The van der Waals surface area contributed by atoms with Gasteiger partial charge in [-0.05, 0) is 48.4 Å². The van der Waals surface area contributed by atoms with Crippen LogP contribution in [-0.2, 0) is 34.0 Å². The van der Waals surface area contributed by atoms with Gasteiger partial charge in [-0.25, -0.2) is 4.68 Å². The van der Waals surface area contributed by atoms with Crippen LogP contribution in [0.3, 0.4) is 0 Å². The average molecular weight is 481 g/mol. The molecule has 186 valence electrons. The third-order valence-corrected chi connectivity index (χ3v) is 5.12. The van der Waals surface area contributed by atoms with Gasteiger partial charge in [-0.1, -0.05) is 36.4 Å². The van der Waals surface area contributed by atoms with Crippen molar-refractivity contribution in [2.45, 2.75) is 58.0 Å². The van der Waals surface area contributed by atoms with Crippen LogP contribution in [0.5, 0.6) is 0 Å². The molecule has 0 fully saturated rings. The van der Waals surface area contributed by atoms with E-state index in [1.54, 1.807) is 24.7 Å². The summed E-state index contributed by atoms with van der Waals surface area (Å²) in [6.07, 6.45) is 2.49. The van der Waals surface area contributed by atoms with Gasteiger partial charge in [-0.2, -0.15) is 0 Å². The normalized spacial score (nSPS) is 12.2. The third-order valence-electron chi connectivity index (χ3n) is 5.12. The van der Waals surface area contributed by atoms with Crippen LogP contribution in [0.1, 0.15) is 49.8 Å². The van der Waals surface area contributed by atoms with Crippen molar-refractivity contribution in [3.63, 3.8) is 0 Å². The lowest BCUT2D eigenvalue weighted by Gasteiger charge is -2.23. The minimum absolute atomic E-state index is 0.0915. The summed E-state index contributed by atoms with van der Waals surface area (Å²) < 4.78 is 7.43. The van der Waals surface area contributed by atoms with Crippen molar-refractivity contribution in [3.05, 3.63) is 71.8 Å². The molecule has 0 aliphatic rings. The number of carbonyl (C=O) groups is 2. The summed E-state index contributed by atoms with van der Waals surface area (Å²) >= 11 is 0. The van der Waals surface area contributed by atoms with Crippen molar-refractivity contribution in [1.29, 1.82) is 0 Å². The van der Waals surface area contributed by atoms with E-state index in [2.05, 4.69) is 31.1 Å². The van der Waals surface area contributed by atoms with E-state index >= 15 is 0 Å². The maximum atomic E-state index is 12.6. The molecule has 2 aromatic heterocycles. The number of tetrazole rings is 1. The number of carbonyl (C=O) groups excluding carboxylic acids is 2. The molecular weight excluding hydrogens is 448 g/mol. The summed E-state index contributed by atoms with van der Waals surface area (Å²) in [5.41, 5.74) is 6.68. The maximum Gasteiger partial charge on any atom is 0.240 e. The molecule has 35 heavy (non-hydrogen) atoms. The Balaban J connectivity index is 1.56.